The van der Waals surface area contributed by atoms with E-state index in [1.54, 1.807) is 0 Å². The first kappa shape index (κ1) is 32.3. The number of rotatable bonds is 20. The maximum atomic E-state index is 12.5. The lowest BCUT2D eigenvalue weighted by Crippen LogP contribution is -2.49. The molecule has 1 atom stereocenters. The van der Waals surface area contributed by atoms with Gasteiger partial charge in [-0.1, -0.05) is 32.1 Å². The van der Waals surface area contributed by atoms with Crippen LogP contribution in [0.25, 0.3) is 0 Å². The average Bonchev–Trinajstić information content (AvgIpc) is 2.71. The van der Waals surface area contributed by atoms with E-state index in [4.69, 9.17) is 5.11 Å². The van der Waals surface area contributed by atoms with Gasteiger partial charge in [-0.15, -0.1) is 0 Å². The molecule has 0 saturated heterocycles. The van der Waals surface area contributed by atoms with Crippen LogP contribution < -0.4 is 16.0 Å². The summed E-state index contributed by atoms with van der Waals surface area (Å²) in [7, 11) is 4.32. The molecule has 0 fully saturated rings. The van der Waals surface area contributed by atoms with Gasteiger partial charge in [0.05, 0.1) is 27.2 Å². The molecule has 0 heterocycles. The molecule has 4 N–H and O–H groups in total. The van der Waals surface area contributed by atoms with Crippen LogP contribution in [0.5, 0.6) is 0 Å². The van der Waals surface area contributed by atoms with Crippen molar-refractivity contribution in [1.29, 1.82) is 0 Å². The Balaban J connectivity index is 4.09. The topological polar surface area (TPSA) is 108 Å². The molecule has 0 aromatic carbocycles. The van der Waals surface area contributed by atoms with Crippen LogP contribution in [0.2, 0.25) is 0 Å². The summed E-state index contributed by atoms with van der Waals surface area (Å²) in [4.78, 5) is 36.8. The molecule has 8 heteroatoms. The van der Waals surface area contributed by atoms with Crippen molar-refractivity contribution in [3.8, 4) is 0 Å². The average molecular weight is 486 g/mol. The minimum Gasteiger partial charge on any atom is -0.391 e. The van der Waals surface area contributed by atoms with E-state index in [0.717, 1.165) is 36.8 Å². The normalized spacial score (nSPS) is 12.6. The van der Waals surface area contributed by atoms with E-state index in [2.05, 4.69) is 30.0 Å². The molecule has 0 spiro atoms. The van der Waals surface area contributed by atoms with E-state index in [1.807, 2.05) is 27.7 Å². The number of nitrogens with one attached hydrogen (secondary N) is 3. The lowest BCUT2D eigenvalue weighted by molar-refractivity contribution is -0.890. The highest BCUT2D eigenvalue weighted by Crippen LogP contribution is 2.11. The Bertz CT molecular complexity index is 579. The van der Waals surface area contributed by atoms with Crippen molar-refractivity contribution >= 4 is 17.7 Å². The second kappa shape index (κ2) is 18.6. The minimum atomic E-state index is -0.686. The van der Waals surface area contributed by atoms with Gasteiger partial charge in [-0.3, -0.25) is 14.4 Å². The number of likely N-dealkylation sites (N-methyl/N-ethyl adjacent to an activating group) is 1. The fourth-order valence-corrected chi connectivity index (χ4v) is 3.86. The first-order chi connectivity index (χ1) is 16.0. The van der Waals surface area contributed by atoms with Gasteiger partial charge in [0.2, 0.25) is 17.7 Å². The summed E-state index contributed by atoms with van der Waals surface area (Å²) >= 11 is 0. The maximum Gasteiger partial charge on any atom is 0.242 e. The Morgan fingerprint density at radius 1 is 0.676 bits per heavy atom. The second-order valence-corrected chi connectivity index (χ2v) is 10.7. The van der Waals surface area contributed by atoms with Crippen molar-refractivity contribution in [3.63, 3.8) is 0 Å². The molecule has 1 unspecified atom stereocenters. The number of aliphatic hydroxyl groups is 1. The van der Waals surface area contributed by atoms with Crippen LogP contribution in [0.3, 0.4) is 0 Å². The van der Waals surface area contributed by atoms with Crippen molar-refractivity contribution in [2.75, 3.05) is 33.8 Å². The van der Waals surface area contributed by atoms with Crippen molar-refractivity contribution in [3.05, 3.63) is 0 Å². The van der Waals surface area contributed by atoms with Crippen LogP contribution in [0.4, 0.5) is 0 Å². The summed E-state index contributed by atoms with van der Waals surface area (Å²) < 4.78 is 0.879. The fourth-order valence-electron chi connectivity index (χ4n) is 3.86. The van der Waals surface area contributed by atoms with Gasteiger partial charge in [-0.25, -0.2) is 0 Å². The third kappa shape index (κ3) is 18.7. The highest BCUT2D eigenvalue weighted by atomic mass is 16.3. The van der Waals surface area contributed by atoms with Crippen LogP contribution in [0, 0.1) is 0 Å². The summed E-state index contributed by atoms with van der Waals surface area (Å²) in [5.74, 6) is -0.476. The van der Waals surface area contributed by atoms with E-state index in [-0.39, 0.29) is 42.8 Å². The minimum absolute atomic E-state index is 0.0255. The summed E-state index contributed by atoms with van der Waals surface area (Å²) in [6.45, 7) is 9.69. The monoisotopic (exact) mass is 485 g/mol. The van der Waals surface area contributed by atoms with Gasteiger partial charge in [0.1, 0.15) is 12.6 Å². The zero-order valence-electron chi connectivity index (χ0n) is 22.8. The number of hydrogen-bond donors (Lipinski definition) is 4. The smallest absolute Gasteiger partial charge is 0.242 e. The largest absolute Gasteiger partial charge is 0.391 e. The van der Waals surface area contributed by atoms with Crippen LogP contribution in [0.1, 0.15) is 98.3 Å². The second-order valence-electron chi connectivity index (χ2n) is 10.7. The Hall–Kier alpha value is -1.67. The molecular weight excluding hydrogens is 432 g/mol. The number of quaternary nitrogens is 1. The molecule has 200 valence electrons. The lowest BCUT2D eigenvalue weighted by atomic mass is 10.1. The van der Waals surface area contributed by atoms with Crippen LogP contribution in [0.15, 0.2) is 0 Å². The SMILES string of the molecule is CC(C)NC(=O)CCC(NC(=O)CCCCCCCCCC[N+](C)(C)CCO)C(=O)NC(C)C. The highest BCUT2D eigenvalue weighted by Gasteiger charge is 2.22. The molecule has 0 saturated carbocycles. The molecule has 0 aliphatic carbocycles. The maximum absolute atomic E-state index is 12.5. The molecule has 3 amide bonds. The van der Waals surface area contributed by atoms with Crippen LogP contribution in [-0.2, 0) is 14.4 Å². The van der Waals surface area contributed by atoms with Crippen LogP contribution >= 0.6 is 0 Å². The van der Waals surface area contributed by atoms with E-state index >= 15 is 0 Å². The highest BCUT2D eigenvalue weighted by molar-refractivity contribution is 5.88. The van der Waals surface area contributed by atoms with Gasteiger partial charge in [-0.2, -0.15) is 0 Å². The molecule has 8 nitrogen and oxygen atoms in total. The van der Waals surface area contributed by atoms with Crippen molar-refractivity contribution in [1.82, 2.24) is 16.0 Å². The van der Waals surface area contributed by atoms with Gasteiger partial charge >= 0.3 is 0 Å². The third-order valence-corrected chi connectivity index (χ3v) is 5.81. The van der Waals surface area contributed by atoms with E-state index in [9.17, 15) is 14.4 Å². The van der Waals surface area contributed by atoms with E-state index < -0.39 is 6.04 Å². The first-order valence-electron chi connectivity index (χ1n) is 13.3. The van der Waals surface area contributed by atoms with Gasteiger partial charge in [-0.05, 0) is 53.4 Å². The van der Waals surface area contributed by atoms with Gasteiger partial charge in [0.15, 0.2) is 0 Å². The molecule has 0 aromatic rings. The van der Waals surface area contributed by atoms with Gasteiger partial charge < -0.3 is 25.5 Å². The number of aliphatic hydroxyl groups excluding tert-OH is 1. The summed E-state index contributed by atoms with van der Waals surface area (Å²) in [5, 5.41) is 17.6. The number of hydrogen-bond acceptors (Lipinski definition) is 4. The number of carbonyl (C=O) groups is 3. The summed E-state index contributed by atoms with van der Waals surface area (Å²) in [6, 6.07) is -0.662. The van der Waals surface area contributed by atoms with Gasteiger partial charge in [0.25, 0.3) is 0 Å². The van der Waals surface area contributed by atoms with E-state index in [1.165, 1.54) is 32.1 Å². The number of nitrogens with zero attached hydrogens (tertiary/aromatic N) is 1. The first-order valence-corrected chi connectivity index (χ1v) is 13.3. The third-order valence-electron chi connectivity index (χ3n) is 5.81. The van der Waals surface area contributed by atoms with E-state index in [0.29, 0.717) is 12.8 Å². The number of carbonyl (C=O) groups excluding carboxylic acids is 3. The summed E-state index contributed by atoms with van der Waals surface area (Å²) in [5.41, 5.74) is 0. The predicted octanol–water partition coefficient (Wildman–Crippen LogP) is 2.88. The number of amides is 3. The van der Waals surface area contributed by atoms with Crippen molar-refractivity contribution in [2.45, 2.75) is 116 Å². The lowest BCUT2D eigenvalue weighted by Gasteiger charge is -2.28. The Kier molecular flexibility index (Phi) is 17.7. The molecule has 0 radical (unpaired) electrons. The number of unbranched alkanes of at least 4 members (excludes halogenated alkanes) is 7. The van der Waals surface area contributed by atoms with Crippen LogP contribution in [-0.4, -0.2) is 79.2 Å². The molecule has 0 rings (SSSR count). The van der Waals surface area contributed by atoms with Gasteiger partial charge in [0, 0.05) is 24.9 Å². The molecule has 0 aliphatic heterocycles. The quantitative estimate of drug-likeness (QED) is 0.157. The van der Waals surface area contributed by atoms with Crippen molar-refractivity contribution in [2.24, 2.45) is 0 Å². The Labute approximate surface area is 208 Å². The summed E-state index contributed by atoms with van der Waals surface area (Å²) in [6.07, 6.45) is 9.88. The molecule has 0 bridgehead atoms. The standard InChI is InChI=1S/C26H52N4O4/c1-21(2)27-25(33)17-16-23(26(34)28-22(3)4)29-24(32)15-13-11-9-7-8-10-12-14-18-30(5,6)19-20-31/h21-23,31H,7-20H2,1-6H3,(H2-,27,28,29,32,33,34)/p+1. The molecular formula is C26H53N4O4+. The Morgan fingerprint density at radius 3 is 1.71 bits per heavy atom. The zero-order valence-corrected chi connectivity index (χ0v) is 22.8. The molecule has 34 heavy (non-hydrogen) atoms. The molecule has 0 aromatic heterocycles. The predicted molar refractivity (Wildman–Crippen MR) is 138 cm³/mol. The fraction of sp³-hybridized carbons (Fsp3) is 0.885. The Morgan fingerprint density at radius 2 is 1.18 bits per heavy atom. The zero-order chi connectivity index (χ0) is 26.0. The molecule has 0 aliphatic rings. The van der Waals surface area contributed by atoms with Crippen molar-refractivity contribution < 1.29 is 24.0 Å².